The van der Waals surface area contributed by atoms with Crippen LogP contribution in [0.1, 0.15) is 47.5 Å². The number of fused-ring (bicyclic) bond motifs is 3. The Labute approximate surface area is 173 Å². The first-order chi connectivity index (χ1) is 14.1. The van der Waals surface area contributed by atoms with Crippen molar-refractivity contribution in [3.63, 3.8) is 0 Å². The lowest BCUT2D eigenvalue weighted by Crippen LogP contribution is -2.22. The lowest BCUT2D eigenvalue weighted by atomic mass is 10.0. The van der Waals surface area contributed by atoms with Crippen molar-refractivity contribution in [3.8, 4) is 11.4 Å². The zero-order chi connectivity index (χ0) is 20.4. The summed E-state index contributed by atoms with van der Waals surface area (Å²) in [6, 6.07) is 5.86. The number of hydrogen-bond donors (Lipinski definition) is 3. The summed E-state index contributed by atoms with van der Waals surface area (Å²) < 4.78 is 2.06. The molecule has 3 aromatic heterocycles. The van der Waals surface area contributed by atoms with Crippen LogP contribution in [0, 0.1) is 5.92 Å². The van der Waals surface area contributed by atoms with Crippen molar-refractivity contribution < 1.29 is 9.59 Å². The predicted octanol–water partition coefficient (Wildman–Crippen LogP) is 3.80. The molecular formula is C21H25N5O2S. The molecule has 0 spiro atoms. The summed E-state index contributed by atoms with van der Waals surface area (Å²) in [5.74, 6) is 0.460. The van der Waals surface area contributed by atoms with Gasteiger partial charge in [0.05, 0.1) is 23.5 Å². The number of nitrogens with one attached hydrogen (secondary N) is 3. The van der Waals surface area contributed by atoms with E-state index >= 15 is 0 Å². The van der Waals surface area contributed by atoms with Gasteiger partial charge in [0.25, 0.3) is 5.91 Å². The second kappa shape index (κ2) is 8.24. The molecule has 0 radical (unpaired) electrons. The number of amides is 2. The summed E-state index contributed by atoms with van der Waals surface area (Å²) >= 11 is 1.62. The van der Waals surface area contributed by atoms with Crippen molar-refractivity contribution >= 4 is 29.0 Å². The molecule has 1 aliphatic heterocycles. The minimum atomic E-state index is -0.0942. The summed E-state index contributed by atoms with van der Waals surface area (Å²) in [5, 5.41) is 15.3. The molecule has 2 amide bonds. The number of carbonyl (C=O) groups is 2. The first kappa shape index (κ1) is 19.4. The van der Waals surface area contributed by atoms with E-state index in [2.05, 4.69) is 32.3 Å². The normalized spacial score (nSPS) is 13.4. The number of aromatic amines is 1. The Bertz CT molecular complexity index is 1020. The average molecular weight is 412 g/mol. The number of nitrogens with zero attached hydrogens (tertiary/aromatic N) is 2. The zero-order valence-electron chi connectivity index (χ0n) is 16.6. The Hall–Kier alpha value is -2.87. The summed E-state index contributed by atoms with van der Waals surface area (Å²) in [7, 11) is 0. The highest BCUT2D eigenvalue weighted by atomic mass is 32.1. The number of H-pyrrole nitrogens is 1. The molecule has 0 fully saturated rings. The molecule has 0 saturated heterocycles. The molecule has 3 N–H and O–H groups in total. The molecule has 3 aromatic rings. The Morgan fingerprint density at radius 3 is 3.03 bits per heavy atom. The molecule has 0 saturated carbocycles. The van der Waals surface area contributed by atoms with E-state index in [1.807, 2.05) is 36.7 Å². The minimum absolute atomic E-state index is 0.00394. The largest absolute Gasteiger partial charge is 0.347 e. The van der Waals surface area contributed by atoms with Crippen molar-refractivity contribution in [3.05, 3.63) is 45.8 Å². The minimum Gasteiger partial charge on any atom is -0.347 e. The highest BCUT2D eigenvalue weighted by molar-refractivity contribution is 7.09. The van der Waals surface area contributed by atoms with E-state index < -0.39 is 0 Å². The molecule has 0 aliphatic carbocycles. The van der Waals surface area contributed by atoms with E-state index in [0.29, 0.717) is 17.9 Å². The van der Waals surface area contributed by atoms with E-state index in [0.717, 1.165) is 47.6 Å². The molecule has 7 nitrogen and oxygen atoms in total. The molecule has 4 heterocycles. The highest BCUT2D eigenvalue weighted by Crippen LogP contribution is 2.33. The van der Waals surface area contributed by atoms with Gasteiger partial charge in [-0.2, -0.15) is 5.10 Å². The van der Waals surface area contributed by atoms with Crippen LogP contribution in [0.2, 0.25) is 0 Å². The van der Waals surface area contributed by atoms with Crippen LogP contribution in [-0.4, -0.2) is 26.6 Å². The predicted molar refractivity (Wildman–Crippen MR) is 114 cm³/mol. The van der Waals surface area contributed by atoms with Gasteiger partial charge in [-0.3, -0.25) is 14.7 Å². The first-order valence-corrected chi connectivity index (χ1v) is 10.8. The number of thiophene rings is 1. The zero-order valence-corrected chi connectivity index (χ0v) is 17.4. The number of carbonyl (C=O) groups excluding carboxylic acids is 2. The number of aryl methyl sites for hydroxylation is 1. The molecule has 4 rings (SSSR count). The third-order valence-electron chi connectivity index (χ3n) is 5.30. The number of rotatable bonds is 7. The molecule has 0 aromatic carbocycles. The fourth-order valence-electron chi connectivity index (χ4n) is 3.67. The van der Waals surface area contributed by atoms with E-state index in [1.165, 1.54) is 0 Å². The van der Waals surface area contributed by atoms with Crippen LogP contribution in [0.4, 0.5) is 5.82 Å². The fourth-order valence-corrected chi connectivity index (χ4v) is 4.32. The highest BCUT2D eigenvalue weighted by Gasteiger charge is 2.25. The molecule has 1 unspecified atom stereocenters. The van der Waals surface area contributed by atoms with Gasteiger partial charge in [-0.1, -0.05) is 26.3 Å². The standard InChI is InChI=1S/C21H25N5O2S/c1-3-5-13(2)20(27)23-19-16-7-8-26-12-14(10-17(26)18(16)24-25-19)21(28)22-11-15-6-4-9-29-15/h4,6,9-10,12-13H,3,5,7-8,11H2,1-2H3,(H,22,28)(H2,23,24,25,27). The molecule has 8 heteroatoms. The second-order valence-electron chi connectivity index (χ2n) is 7.42. The fraction of sp³-hybridized carbons (Fsp3) is 0.381. The maximum atomic E-state index is 12.6. The van der Waals surface area contributed by atoms with Crippen molar-refractivity contribution in [2.45, 2.75) is 46.2 Å². The van der Waals surface area contributed by atoms with Gasteiger partial charge in [-0.15, -0.1) is 11.3 Å². The molecule has 0 bridgehead atoms. The smallest absolute Gasteiger partial charge is 0.253 e. The van der Waals surface area contributed by atoms with Gasteiger partial charge >= 0.3 is 0 Å². The molecule has 1 atom stereocenters. The number of hydrogen-bond acceptors (Lipinski definition) is 4. The SMILES string of the molecule is CCCC(C)C(=O)Nc1n[nH]c2c1CCn1cc(C(=O)NCc3cccs3)cc1-2. The Morgan fingerprint density at radius 1 is 1.41 bits per heavy atom. The Balaban J connectivity index is 1.50. The molecule has 1 aliphatic rings. The topological polar surface area (TPSA) is 91.8 Å². The second-order valence-corrected chi connectivity index (χ2v) is 8.46. The summed E-state index contributed by atoms with van der Waals surface area (Å²) in [5.41, 5.74) is 3.41. The maximum absolute atomic E-state index is 12.6. The van der Waals surface area contributed by atoms with Gasteiger partial charge in [0.15, 0.2) is 5.82 Å². The van der Waals surface area contributed by atoms with Crippen LogP contribution in [-0.2, 0) is 24.3 Å². The molecular weight excluding hydrogens is 386 g/mol. The van der Waals surface area contributed by atoms with Crippen molar-refractivity contribution in [2.75, 3.05) is 5.32 Å². The summed E-state index contributed by atoms with van der Waals surface area (Å²) in [6.07, 6.45) is 4.45. The van der Waals surface area contributed by atoms with Crippen LogP contribution < -0.4 is 10.6 Å². The van der Waals surface area contributed by atoms with Gasteiger partial charge in [-0.25, -0.2) is 0 Å². The number of anilines is 1. The van der Waals surface area contributed by atoms with Gasteiger partial charge < -0.3 is 15.2 Å². The van der Waals surface area contributed by atoms with E-state index in [-0.39, 0.29) is 17.7 Å². The number of aromatic nitrogens is 3. The summed E-state index contributed by atoms with van der Waals surface area (Å²) in [4.78, 5) is 26.0. The van der Waals surface area contributed by atoms with Gasteiger partial charge in [0.1, 0.15) is 0 Å². The van der Waals surface area contributed by atoms with Gasteiger partial charge in [0.2, 0.25) is 5.91 Å². The van der Waals surface area contributed by atoms with Gasteiger partial charge in [0, 0.05) is 29.1 Å². The van der Waals surface area contributed by atoms with E-state index in [4.69, 9.17) is 0 Å². The lowest BCUT2D eigenvalue weighted by Gasteiger charge is -2.16. The third kappa shape index (κ3) is 3.98. The van der Waals surface area contributed by atoms with Crippen molar-refractivity contribution in [2.24, 2.45) is 5.92 Å². The lowest BCUT2D eigenvalue weighted by molar-refractivity contribution is -0.119. The van der Waals surface area contributed by atoms with Crippen LogP contribution in [0.25, 0.3) is 11.4 Å². The van der Waals surface area contributed by atoms with Crippen LogP contribution in [0.3, 0.4) is 0 Å². The quantitative estimate of drug-likeness (QED) is 0.552. The van der Waals surface area contributed by atoms with Crippen LogP contribution >= 0.6 is 11.3 Å². The molecule has 152 valence electrons. The summed E-state index contributed by atoms with van der Waals surface area (Å²) in [6.45, 7) is 5.28. The molecule has 29 heavy (non-hydrogen) atoms. The van der Waals surface area contributed by atoms with E-state index in [1.54, 1.807) is 11.3 Å². The van der Waals surface area contributed by atoms with Crippen molar-refractivity contribution in [1.82, 2.24) is 20.1 Å². The van der Waals surface area contributed by atoms with Crippen LogP contribution in [0.15, 0.2) is 29.8 Å². The first-order valence-electron chi connectivity index (χ1n) is 9.96. The van der Waals surface area contributed by atoms with Crippen LogP contribution in [0.5, 0.6) is 0 Å². The average Bonchev–Trinajstić information content (AvgIpc) is 3.45. The van der Waals surface area contributed by atoms with E-state index in [9.17, 15) is 9.59 Å². The van der Waals surface area contributed by atoms with Crippen molar-refractivity contribution in [1.29, 1.82) is 0 Å². The Morgan fingerprint density at radius 2 is 2.28 bits per heavy atom. The Kier molecular flexibility index (Phi) is 5.53. The third-order valence-corrected chi connectivity index (χ3v) is 6.18. The maximum Gasteiger partial charge on any atom is 0.253 e. The van der Waals surface area contributed by atoms with Gasteiger partial charge in [-0.05, 0) is 30.4 Å². The monoisotopic (exact) mass is 411 g/mol.